The minimum absolute atomic E-state index is 0.0614. The zero-order chi connectivity index (χ0) is 17.7. The Morgan fingerprint density at radius 2 is 1.78 bits per heavy atom. The Labute approximate surface area is 138 Å². The van der Waals surface area contributed by atoms with Gasteiger partial charge in [-0.15, -0.1) is 0 Å². The Hall–Kier alpha value is -2.23. The van der Waals surface area contributed by atoms with Crippen LogP contribution in [0.15, 0.2) is 46.7 Å². The van der Waals surface area contributed by atoms with Crippen molar-refractivity contribution in [2.24, 2.45) is 11.8 Å². The van der Waals surface area contributed by atoms with Gasteiger partial charge in [0.2, 0.25) is 6.41 Å². The van der Waals surface area contributed by atoms with Crippen molar-refractivity contribution >= 4 is 17.9 Å². The third-order valence-electron chi connectivity index (χ3n) is 4.21. The number of carbonyl (C=O) groups excluding carboxylic acids is 2. The first kappa shape index (κ1) is 18.8. The summed E-state index contributed by atoms with van der Waals surface area (Å²) in [5.41, 5.74) is 3.89. The van der Waals surface area contributed by atoms with Crippen LogP contribution >= 0.6 is 0 Å². The number of hydrogen-bond donors (Lipinski definition) is 2. The minimum Gasteiger partial charge on any atom is -0.328 e. The van der Waals surface area contributed by atoms with Crippen LogP contribution < -0.4 is 5.32 Å². The first-order valence-electron chi connectivity index (χ1n) is 7.76. The highest BCUT2D eigenvalue weighted by atomic mass is 16.1. The number of amides is 1. The zero-order valence-corrected chi connectivity index (χ0v) is 14.6. The van der Waals surface area contributed by atoms with Crippen molar-refractivity contribution in [3.05, 3.63) is 46.7 Å². The molecule has 0 radical (unpaired) electrons. The van der Waals surface area contributed by atoms with Gasteiger partial charge in [0, 0.05) is 22.9 Å². The third kappa shape index (κ3) is 4.88. The summed E-state index contributed by atoms with van der Waals surface area (Å²) in [6.07, 6.45) is 5.12. The number of Topliss-reactive ketones (excluding diaryl/α,β-unsaturated/α-hetero) is 1. The molecule has 1 fully saturated rings. The van der Waals surface area contributed by atoms with Gasteiger partial charge < -0.3 is 10.7 Å². The molecule has 124 valence electrons. The Kier molecular flexibility index (Phi) is 6.43. The van der Waals surface area contributed by atoms with Crippen LogP contribution in [0.1, 0.15) is 41.0 Å². The van der Waals surface area contributed by atoms with Crippen molar-refractivity contribution in [1.82, 2.24) is 5.32 Å². The number of allylic oxidation sites excluding steroid dienone is 6. The molecule has 1 rings (SSSR count). The summed E-state index contributed by atoms with van der Waals surface area (Å²) in [4.78, 5) is 23.1. The molecule has 0 heterocycles. The van der Waals surface area contributed by atoms with Crippen molar-refractivity contribution in [3.63, 3.8) is 0 Å². The van der Waals surface area contributed by atoms with Crippen molar-refractivity contribution in [2.75, 3.05) is 0 Å². The largest absolute Gasteiger partial charge is 0.328 e. The van der Waals surface area contributed by atoms with Crippen LogP contribution in [0, 0.1) is 17.2 Å². The summed E-state index contributed by atoms with van der Waals surface area (Å²) >= 11 is 0. The van der Waals surface area contributed by atoms with Crippen LogP contribution in [0.3, 0.4) is 0 Å². The Morgan fingerprint density at radius 3 is 2.17 bits per heavy atom. The highest BCUT2D eigenvalue weighted by molar-refractivity contribution is 6.22. The molecule has 2 atom stereocenters. The minimum atomic E-state index is 0.0614. The van der Waals surface area contributed by atoms with Gasteiger partial charge in [0.15, 0.2) is 5.78 Å². The Balaban J connectivity index is 3.16. The predicted octanol–water partition coefficient (Wildman–Crippen LogP) is 3.72. The van der Waals surface area contributed by atoms with E-state index in [1.54, 1.807) is 19.9 Å². The van der Waals surface area contributed by atoms with Crippen LogP contribution in [0.5, 0.6) is 0 Å². The van der Waals surface area contributed by atoms with Crippen molar-refractivity contribution in [1.29, 1.82) is 5.41 Å². The molecule has 0 aromatic heterocycles. The van der Waals surface area contributed by atoms with Gasteiger partial charge in [0.25, 0.3) is 0 Å². The fourth-order valence-electron chi connectivity index (χ4n) is 2.43. The van der Waals surface area contributed by atoms with Gasteiger partial charge in [-0.25, -0.2) is 0 Å². The second-order valence-corrected chi connectivity index (χ2v) is 6.28. The predicted molar refractivity (Wildman–Crippen MR) is 94.2 cm³/mol. The molecular weight excluding hydrogens is 288 g/mol. The van der Waals surface area contributed by atoms with E-state index in [1.165, 1.54) is 0 Å². The van der Waals surface area contributed by atoms with Crippen LogP contribution in [-0.2, 0) is 9.59 Å². The molecule has 1 amide bonds. The standard InChI is InChI=1S/C19H26N2O2/c1-11(2)17(21-10-22)8-7-12(3)14(5)18(15(6)20)19(23)16-9-13(16)4/h7-8,10,13,16,20H,1,9H2,2-6H3,(H,21,22)/b12-7+,17-8+,18-14-,20-15?. The Bertz CT molecular complexity index is 636. The van der Waals surface area contributed by atoms with E-state index >= 15 is 0 Å². The first-order valence-corrected chi connectivity index (χ1v) is 7.76. The smallest absolute Gasteiger partial charge is 0.211 e. The van der Waals surface area contributed by atoms with Gasteiger partial charge in [0.05, 0.1) is 0 Å². The quantitative estimate of drug-likeness (QED) is 0.310. The first-order chi connectivity index (χ1) is 10.7. The summed E-state index contributed by atoms with van der Waals surface area (Å²) in [5.74, 6) is 0.553. The third-order valence-corrected chi connectivity index (χ3v) is 4.21. The molecule has 0 aromatic rings. The average Bonchev–Trinajstić information content (AvgIpc) is 3.19. The fraction of sp³-hybridized carbons (Fsp3) is 0.421. The highest BCUT2D eigenvalue weighted by Crippen LogP contribution is 2.41. The molecule has 1 aliphatic carbocycles. The second kappa shape index (κ2) is 7.86. The van der Waals surface area contributed by atoms with Gasteiger partial charge in [-0.3, -0.25) is 9.59 Å². The van der Waals surface area contributed by atoms with Crippen molar-refractivity contribution in [2.45, 2.75) is 41.0 Å². The molecule has 0 saturated heterocycles. The van der Waals surface area contributed by atoms with E-state index in [-0.39, 0.29) is 11.7 Å². The van der Waals surface area contributed by atoms with E-state index in [9.17, 15) is 9.59 Å². The molecule has 0 aromatic carbocycles. The molecule has 23 heavy (non-hydrogen) atoms. The highest BCUT2D eigenvalue weighted by Gasteiger charge is 2.41. The Morgan fingerprint density at radius 1 is 1.22 bits per heavy atom. The van der Waals surface area contributed by atoms with E-state index in [1.807, 2.05) is 19.9 Å². The summed E-state index contributed by atoms with van der Waals surface area (Å²) in [7, 11) is 0. The van der Waals surface area contributed by atoms with Gasteiger partial charge in [-0.05, 0) is 62.8 Å². The van der Waals surface area contributed by atoms with Gasteiger partial charge in [-0.2, -0.15) is 0 Å². The summed E-state index contributed by atoms with van der Waals surface area (Å²) in [6, 6.07) is 0. The lowest BCUT2D eigenvalue weighted by Gasteiger charge is -2.11. The van der Waals surface area contributed by atoms with E-state index in [0.717, 1.165) is 23.1 Å². The SMILES string of the molecule is C=C(C)\C(=C/C=C(C)/C(C)=C(/C(C)=N)C(=O)C1CC1C)NC=O. The lowest BCUT2D eigenvalue weighted by atomic mass is 9.93. The molecule has 0 bridgehead atoms. The molecule has 1 aliphatic rings. The maximum Gasteiger partial charge on any atom is 0.211 e. The summed E-state index contributed by atoms with van der Waals surface area (Å²) < 4.78 is 0. The van der Waals surface area contributed by atoms with Crippen LogP contribution in [0.4, 0.5) is 0 Å². The number of ketones is 1. The van der Waals surface area contributed by atoms with Crippen LogP contribution in [0.25, 0.3) is 0 Å². The van der Waals surface area contributed by atoms with Gasteiger partial charge in [-0.1, -0.05) is 19.6 Å². The van der Waals surface area contributed by atoms with Gasteiger partial charge >= 0.3 is 0 Å². The fourth-order valence-corrected chi connectivity index (χ4v) is 2.43. The van der Waals surface area contributed by atoms with Crippen molar-refractivity contribution in [3.8, 4) is 0 Å². The maximum absolute atomic E-state index is 12.5. The van der Waals surface area contributed by atoms with Crippen LogP contribution in [-0.4, -0.2) is 17.9 Å². The zero-order valence-electron chi connectivity index (χ0n) is 14.6. The molecule has 0 aliphatic heterocycles. The number of rotatable bonds is 8. The summed E-state index contributed by atoms with van der Waals surface area (Å²) in [6.45, 7) is 13.1. The lowest BCUT2D eigenvalue weighted by Crippen LogP contribution is -2.15. The molecule has 1 saturated carbocycles. The molecule has 2 N–H and O–H groups in total. The topological polar surface area (TPSA) is 70.0 Å². The van der Waals surface area contributed by atoms with Gasteiger partial charge in [0.1, 0.15) is 0 Å². The van der Waals surface area contributed by atoms with E-state index in [4.69, 9.17) is 5.41 Å². The molecular formula is C19H26N2O2. The average molecular weight is 314 g/mol. The van der Waals surface area contributed by atoms with Crippen LogP contribution in [0.2, 0.25) is 0 Å². The molecule has 0 spiro atoms. The summed E-state index contributed by atoms with van der Waals surface area (Å²) in [5, 5.41) is 10.5. The number of nitrogens with one attached hydrogen (secondary N) is 2. The normalized spacial score (nSPS) is 22.1. The van der Waals surface area contributed by atoms with E-state index in [2.05, 4.69) is 18.8 Å². The maximum atomic E-state index is 12.5. The van der Waals surface area contributed by atoms with E-state index in [0.29, 0.717) is 29.3 Å². The van der Waals surface area contributed by atoms with E-state index < -0.39 is 0 Å². The molecule has 4 nitrogen and oxygen atoms in total. The molecule has 2 unspecified atom stereocenters. The second-order valence-electron chi connectivity index (χ2n) is 6.28. The lowest BCUT2D eigenvalue weighted by molar-refractivity contribution is -0.116. The number of hydrogen-bond acceptors (Lipinski definition) is 3. The monoisotopic (exact) mass is 314 g/mol. The van der Waals surface area contributed by atoms with Crippen molar-refractivity contribution < 1.29 is 9.59 Å². The molecule has 4 heteroatoms. The number of carbonyl (C=O) groups is 2.